The molecule has 0 spiro atoms. The molecule has 1 fully saturated rings. The minimum Gasteiger partial charge on any atom is -0.480 e. The predicted molar refractivity (Wildman–Crippen MR) is 99.4 cm³/mol. The summed E-state index contributed by atoms with van der Waals surface area (Å²) in [6.45, 7) is 1.89. The summed E-state index contributed by atoms with van der Waals surface area (Å²) in [4.78, 5) is 14.6. The number of nitrogens with one attached hydrogen (secondary N) is 1. The van der Waals surface area contributed by atoms with Gasteiger partial charge in [-0.05, 0) is 23.8 Å². The zero-order valence-corrected chi connectivity index (χ0v) is 15.5. The molecule has 1 aliphatic rings. The van der Waals surface area contributed by atoms with Crippen molar-refractivity contribution in [2.24, 2.45) is 0 Å². The molecule has 1 unspecified atom stereocenters. The largest absolute Gasteiger partial charge is 0.480 e. The topological polar surface area (TPSA) is 84.7 Å². The van der Waals surface area contributed by atoms with Crippen molar-refractivity contribution in [2.75, 3.05) is 26.7 Å². The van der Waals surface area contributed by atoms with E-state index in [1.54, 1.807) is 35.9 Å². The highest BCUT2D eigenvalue weighted by molar-refractivity contribution is 5.76. The van der Waals surface area contributed by atoms with Crippen molar-refractivity contribution >= 4 is 11.6 Å². The summed E-state index contributed by atoms with van der Waals surface area (Å²) in [6, 6.07) is 9.87. The van der Waals surface area contributed by atoms with Gasteiger partial charge in [-0.1, -0.05) is 12.1 Å². The molecule has 8 nitrogen and oxygen atoms in total. The second-order valence-electron chi connectivity index (χ2n) is 6.66. The van der Waals surface area contributed by atoms with E-state index in [1.165, 1.54) is 12.1 Å². The SMILES string of the molecule is COc1ccc2nnc(CCC(=O)N3CCNC(c4ccc(F)cc4)C3)n2n1. The van der Waals surface area contributed by atoms with Crippen LogP contribution in [0.4, 0.5) is 4.39 Å². The fourth-order valence-corrected chi connectivity index (χ4v) is 3.35. The van der Waals surface area contributed by atoms with Crippen LogP contribution in [0, 0.1) is 5.82 Å². The van der Waals surface area contributed by atoms with E-state index in [0.717, 1.165) is 5.56 Å². The maximum absolute atomic E-state index is 13.1. The maximum atomic E-state index is 13.1. The summed E-state index contributed by atoms with van der Waals surface area (Å²) in [5.74, 6) is 0.864. The third-order valence-electron chi connectivity index (χ3n) is 4.88. The molecule has 28 heavy (non-hydrogen) atoms. The van der Waals surface area contributed by atoms with Crippen molar-refractivity contribution in [3.63, 3.8) is 0 Å². The van der Waals surface area contributed by atoms with Crippen LogP contribution in [0.2, 0.25) is 0 Å². The second-order valence-corrected chi connectivity index (χ2v) is 6.66. The Morgan fingerprint density at radius 1 is 1.25 bits per heavy atom. The first-order valence-corrected chi connectivity index (χ1v) is 9.16. The smallest absolute Gasteiger partial charge is 0.231 e. The Balaban J connectivity index is 1.40. The Morgan fingerprint density at radius 3 is 2.86 bits per heavy atom. The first kappa shape index (κ1) is 18.3. The summed E-state index contributed by atoms with van der Waals surface area (Å²) < 4.78 is 19.9. The molecule has 0 saturated carbocycles. The molecule has 1 aliphatic heterocycles. The summed E-state index contributed by atoms with van der Waals surface area (Å²) >= 11 is 0. The number of halogens is 1. The zero-order valence-electron chi connectivity index (χ0n) is 15.5. The van der Waals surface area contributed by atoms with Gasteiger partial charge >= 0.3 is 0 Å². The molecule has 1 atom stereocenters. The molecule has 1 aromatic carbocycles. The van der Waals surface area contributed by atoms with Crippen LogP contribution in [0.1, 0.15) is 23.9 Å². The molecular weight excluding hydrogens is 363 g/mol. The number of piperazine rings is 1. The minimum atomic E-state index is -0.265. The number of carbonyl (C=O) groups is 1. The van der Waals surface area contributed by atoms with Gasteiger partial charge in [-0.2, -0.15) is 4.52 Å². The molecular formula is C19H21FN6O2. The zero-order chi connectivity index (χ0) is 19.5. The van der Waals surface area contributed by atoms with Crippen LogP contribution in [0.15, 0.2) is 36.4 Å². The average Bonchev–Trinajstić information content (AvgIpc) is 3.14. The molecule has 9 heteroatoms. The van der Waals surface area contributed by atoms with Gasteiger partial charge in [-0.15, -0.1) is 15.3 Å². The highest BCUT2D eigenvalue weighted by Gasteiger charge is 2.24. The van der Waals surface area contributed by atoms with Crippen molar-refractivity contribution in [3.05, 3.63) is 53.6 Å². The van der Waals surface area contributed by atoms with Crippen molar-refractivity contribution in [2.45, 2.75) is 18.9 Å². The molecule has 4 rings (SSSR count). The van der Waals surface area contributed by atoms with E-state index in [-0.39, 0.29) is 17.8 Å². The number of fused-ring (bicyclic) bond motifs is 1. The molecule has 1 amide bonds. The Bertz CT molecular complexity index is 974. The van der Waals surface area contributed by atoms with E-state index in [9.17, 15) is 9.18 Å². The molecule has 3 heterocycles. The first-order valence-electron chi connectivity index (χ1n) is 9.16. The van der Waals surface area contributed by atoms with E-state index in [2.05, 4.69) is 20.6 Å². The molecule has 1 N–H and O–H groups in total. The minimum absolute atomic E-state index is 0.00171. The number of hydrogen-bond donors (Lipinski definition) is 1. The van der Waals surface area contributed by atoms with E-state index in [4.69, 9.17) is 4.74 Å². The lowest BCUT2D eigenvalue weighted by Crippen LogP contribution is -2.48. The van der Waals surface area contributed by atoms with E-state index < -0.39 is 0 Å². The third-order valence-corrected chi connectivity index (χ3v) is 4.88. The number of aryl methyl sites for hydroxylation is 1. The molecule has 0 aliphatic carbocycles. The normalized spacial score (nSPS) is 17.1. The summed E-state index contributed by atoms with van der Waals surface area (Å²) in [5.41, 5.74) is 1.58. The number of aromatic nitrogens is 4. The number of methoxy groups -OCH3 is 1. The fraction of sp³-hybridized carbons (Fsp3) is 0.368. The Labute approximate surface area is 161 Å². The van der Waals surface area contributed by atoms with Crippen LogP contribution in [0.5, 0.6) is 5.88 Å². The lowest BCUT2D eigenvalue weighted by molar-refractivity contribution is -0.132. The van der Waals surface area contributed by atoms with Crippen molar-refractivity contribution in [1.29, 1.82) is 0 Å². The number of benzene rings is 1. The van der Waals surface area contributed by atoms with Gasteiger partial charge in [0.25, 0.3) is 0 Å². The number of ether oxygens (including phenoxy) is 1. The maximum Gasteiger partial charge on any atom is 0.231 e. The van der Waals surface area contributed by atoms with E-state index in [0.29, 0.717) is 49.8 Å². The molecule has 146 valence electrons. The second kappa shape index (κ2) is 7.89. The van der Waals surface area contributed by atoms with Gasteiger partial charge in [-0.25, -0.2) is 4.39 Å². The molecule has 0 bridgehead atoms. The van der Waals surface area contributed by atoms with Gasteiger partial charge in [0, 0.05) is 44.6 Å². The van der Waals surface area contributed by atoms with Gasteiger partial charge in [0.15, 0.2) is 11.5 Å². The monoisotopic (exact) mass is 384 g/mol. The standard InChI is InChI=1S/C19H21FN6O2/c1-28-18-8-6-16-22-23-17(26(16)24-18)7-9-19(27)25-11-10-21-15(12-25)13-2-4-14(20)5-3-13/h2-6,8,15,21H,7,9-12H2,1H3. The van der Waals surface area contributed by atoms with Crippen LogP contribution in [0.3, 0.4) is 0 Å². The first-order chi connectivity index (χ1) is 13.6. The highest BCUT2D eigenvalue weighted by atomic mass is 19.1. The lowest BCUT2D eigenvalue weighted by atomic mass is 10.0. The number of carbonyl (C=O) groups excluding carboxylic acids is 1. The third kappa shape index (κ3) is 3.79. The Kier molecular flexibility index (Phi) is 5.16. The highest BCUT2D eigenvalue weighted by Crippen LogP contribution is 2.19. The van der Waals surface area contributed by atoms with Crippen molar-refractivity contribution < 1.29 is 13.9 Å². The van der Waals surface area contributed by atoms with E-state index >= 15 is 0 Å². The van der Waals surface area contributed by atoms with Gasteiger partial charge in [-0.3, -0.25) is 4.79 Å². The van der Waals surface area contributed by atoms with Crippen LogP contribution in [0.25, 0.3) is 5.65 Å². The van der Waals surface area contributed by atoms with Crippen molar-refractivity contribution in [1.82, 2.24) is 30.0 Å². The van der Waals surface area contributed by atoms with Gasteiger partial charge < -0.3 is 15.0 Å². The fourth-order valence-electron chi connectivity index (χ4n) is 3.35. The number of hydrogen-bond acceptors (Lipinski definition) is 6. The Hall–Kier alpha value is -3.07. The van der Waals surface area contributed by atoms with Crippen LogP contribution in [-0.4, -0.2) is 57.4 Å². The van der Waals surface area contributed by atoms with Crippen LogP contribution >= 0.6 is 0 Å². The summed E-state index contributed by atoms with van der Waals surface area (Å²) in [6.07, 6.45) is 0.751. The molecule has 1 saturated heterocycles. The van der Waals surface area contributed by atoms with Crippen LogP contribution < -0.4 is 10.1 Å². The molecule has 2 aromatic heterocycles. The molecule has 0 radical (unpaired) electrons. The van der Waals surface area contributed by atoms with Crippen molar-refractivity contribution in [3.8, 4) is 5.88 Å². The van der Waals surface area contributed by atoms with Crippen LogP contribution in [-0.2, 0) is 11.2 Å². The molecule has 3 aromatic rings. The predicted octanol–water partition coefficient (Wildman–Crippen LogP) is 1.38. The van der Waals surface area contributed by atoms with E-state index in [1.807, 2.05) is 4.90 Å². The number of nitrogens with zero attached hydrogens (tertiary/aromatic N) is 5. The summed E-state index contributed by atoms with van der Waals surface area (Å²) in [7, 11) is 1.55. The van der Waals surface area contributed by atoms with Gasteiger partial charge in [0.1, 0.15) is 5.82 Å². The Morgan fingerprint density at radius 2 is 2.07 bits per heavy atom. The van der Waals surface area contributed by atoms with Gasteiger partial charge in [0.05, 0.1) is 7.11 Å². The van der Waals surface area contributed by atoms with Gasteiger partial charge in [0.2, 0.25) is 11.8 Å². The number of amides is 1. The average molecular weight is 384 g/mol. The summed E-state index contributed by atoms with van der Waals surface area (Å²) in [5, 5.41) is 15.9. The quantitative estimate of drug-likeness (QED) is 0.715. The number of rotatable bonds is 5. The lowest BCUT2D eigenvalue weighted by Gasteiger charge is -2.34.